The molecular weight excluding hydrogens is 328 g/mol. The third kappa shape index (κ3) is 8.57. The minimum Gasteiger partial charge on any atom is -0.433 e. The molecule has 0 aliphatic rings. The molecule has 5 nitrogen and oxygen atoms in total. The van der Waals surface area contributed by atoms with Crippen LogP contribution in [0, 0.1) is 11.8 Å². The minimum absolute atomic E-state index is 0.0571. The number of benzene rings is 1. The van der Waals surface area contributed by atoms with Crippen molar-refractivity contribution in [1.29, 1.82) is 0 Å². The van der Waals surface area contributed by atoms with Gasteiger partial charge in [0.1, 0.15) is 0 Å². The van der Waals surface area contributed by atoms with Crippen molar-refractivity contribution in [3.63, 3.8) is 0 Å². The molecule has 0 saturated carbocycles. The number of amides is 2. The van der Waals surface area contributed by atoms with Gasteiger partial charge in [-0.1, -0.05) is 56.5 Å². The second-order valence-electron chi connectivity index (χ2n) is 6.01. The van der Waals surface area contributed by atoms with Crippen LogP contribution >= 0.6 is 0 Å². The van der Waals surface area contributed by atoms with Crippen LogP contribution < -0.4 is 5.32 Å². The molecule has 2 amide bonds. The van der Waals surface area contributed by atoms with E-state index in [9.17, 15) is 9.59 Å². The topological polar surface area (TPSA) is 58.6 Å². The molecule has 0 aliphatic carbocycles. The van der Waals surface area contributed by atoms with Gasteiger partial charge in [0.15, 0.2) is 6.10 Å². The van der Waals surface area contributed by atoms with E-state index in [-0.39, 0.29) is 12.0 Å². The summed E-state index contributed by atoms with van der Waals surface area (Å²) in [5.74, 6) is 5.77. The number of unbranched alkanes of at least 4 members (excludes halogenated alkanes) is 1. The molecule has 1 aromatic rings. The normalized spacial score (nSPS) is 11.0. The molecule has 0 spiro atoms. The standard InChI is InChI=1S/C21H30N2O3/c1-4-7-14-19(11-5-2)26-21(25)22-15-16-23(20(24)6-3)17-18-12-9-8-10-13-18/h8-10,12-13,19H,4,6-7,14-17H2,1-3H3,(H,22,25). The van der Waals surface area contributed by atoms with Crippen molar-refractivity contribution in [2.45, 2.75) is 59.1 Å². The van der Waals surface area contributed by atoms with Crippen LogP contribution in [0.25, 0.3) is 0 Å². The van der Waals surface area contributed by atoms with Crippen molar-refractivity contribution in [2.75, 3.05) is 13.1 Å². The molecule has 26 heavy (non-hydrogen) atoms. The van der Waals surface area contributed by atoms with Crippen LogP contribution in [-0.2, 0) is 16.1 Å². The fraction of sp³-hybridized carbons (Fsp3) is 0.524. The van der Waals surface area contributed by atoms with Gasteiger partial charge in [-0.05, 0) is 25.3 Å². The fourth-order valence-corrected chi connectivity index (χ4v) is 2.49. The summed E-state index contributed by atoms with van der Waals surface area (Å²) in [6, 6.07) is 9.81. The first-order valence-corrected chi connectivity index (χ1v) is 9.29. The van der Waals surface area contributed by atoms with Gasteiger partial charge in [-0.2, -0.15) is 0 Å². The third-order valence-electron chi connectivity index (χ3n) is 3.90. The van der Waals surface area contributed by atoms with Gasteiger partial charge in [-0.15, -0.1) is 5.92 Å². The lowest BCUT2D eigenvalue weighted by Gasteiger charge is -2.22. The second-order valence-corrected chi connectivity index (χ2v) is 6.01. The molecule has 0 aromatic heterocycles. The van der Waals surface area contributed by atoms with Gasteiger partial charge in [0, 0.05) is 26.1 Å². The molecule has 0 aliphatic heterocycles. The summed E-state index contributed by atoms with van der Waals surface area (Å²) in [6.45, 7) is 6.97. The van der Waals surface area contributed by atoms with Gasteiger partial charge in [-0.25, -0.2) is 4.79 Å². The summed E-state index contributed by atoms with van der Waals surface area (Å²) in [6.07, 6.45) is 2.29. The van der Waals surface area contributed by atoms with Crippen molar-refractivity contribution >= 4 is 12.0 Å². The average molecular weight is 358 g/mol. The zero-order valence-corrected chi connectivity index (χ0v) is 16.1. The van der Waals surface area contributed by atoms with Crippen molar-refractivity contribution < 1.29 is 14.3 Å². The van der Waals surface area contributed by atoms with Gasteiger partial charge < -0.3 is 15.0 Å². The summed E-state index contributed by atoms with van der Waals surface area (Å²) in [5, 5.41) is 2.72. The SMILES string of the molecule is CC#CC(CCCC)OC(=O)NCCN(Cc1ccccc1)C(=O)CC. The quantitative estimate of drug-likeness (QED) is 0.648. The van der Waals surface area contributed by atoms with Crippen molar-refractivity contribution in [3.05, 3.63) is 35.9 Å². The zero-order valence-electron chi connectivity index (χ0n) is 16.1. The highest BCUT2D eigenvalue weighted by atomic mass is 16.6. The Morgan fingerprint density at radius 3 is 2.58 bits per heavy atom. The number of nitrogens with zero attached hydrogens (tertiary/aromatic N) is 1. The number of alkyl carbamates (subject to hydrolysis) is 1. The Hall–Kier alpha value is -2.48. The Bertz CT molecular complexity index is 605. The van der Waals surface area contributed by atoms with E-state index < -0.39 is 6.09 Å². The van der Waals surface area contributed by atoms with E-state index in [2.05, 4.69) is 24.1 Å². The Morgan fingerprint density at radius 2 is 1.96 bits per heavy atom. The highest BCUT2D eigenvalue weighted by Crippen LogP contribution is 2.06. The van der Waals surface area contributed by atoms with Crippen molar-refractivity contribution in [2.24, 2.45) is 0 Å². The summed E-state index contributed by atoms with van der Waals surface area (Å²) >= 11 is 0. The molecule has 1 rings (SSSR count). The summed E-state index contributed by atoms with van der Waals surface area (Å²) in [7, 11) is 0. The lowest BCUT2D eigenvalue weighted by Crippen LogP contribution is -2.38. The molecule has 0 radical (unpaired) electrons. The Labute approximate surface area is 157 Å². The smallest absolute Gasteiger partial charge is 0.408 e. The van der Waals surface area contributed by atoms with E-state index in [1.165, 1.54) is 0 Å². The lowest BCUT2D eigenvalue weighted by atomic mass is 10.2. The van der Waals surface area contributed by atoms with Gasteiger partial charge >= 0.3 is 6.09 Å². The molecule has 1 N–H and O–H groups in total. The highest BCUT2D eigenvalue weighted by Gasteiger charge is 2.14. The second kappa shape index (κ2) is 12.8. The molecule has 0 saturated heterocycles. The monoisotopic (exact) mass is 358 g/mol. The largest absolute Gasteiger partial charge is 0.433 e. The first kappa shape index (κ1) is 21.6. The molecule has 5 heteroatoms. The van der Waals surface area contributed by atoms with Crippen molar-refractivity contribution in [3.8, 4) is 11.8 Å². The van der Waals surface area contributed by atoms with Gasteiger partial charge in [0.25, 0.3) is 0 Å². The minimum atomic E-state index is -0.488. The lowest BCUT2D eigenvalue weighted by molar-refractivity contribution is -0.131. The van der Waals surface area contributed by atoms with Gasteiger partial charge in [-0.3, -0.25) is 4.79 Å². The predicted octanol–water partition coefficient (Wildman–Crippen LogP) is 3.73. The zero-order chi connectivity index (χ0) is 19.2. The van der Waals surface area contributed by atoms with Crippen LogP contribution in [0.3, 0.4) is 0 Å². The highest BCUT2D eigenvalue weighted by molar-refractivity contribution is 5.76. The number of ether oxygens (including phenoxy) is 1. The van der Waals surface area contributed by atoms with E-state index in [1.807, 2.05) is 37.3 Å². The average Bonchev–Trinajstić information content (AvgIpc) is 2.65. The number of nitrogens with one attached hydrogen (secondary N) is 1. The number of hydrogen-bond acceptors (Lipinski definition) is 3. The molecule has 142 valence electrons. The summed E-state index contributed by atoms with van der Waals surface area (Å²) < 4.78 is 5.35. The summed E-state index contributed by atoms with van der Waals surface area (Å²) in [5.41, 5.74) is 1.06. The number of hydrogen-bond donors (Lipinski definition) is 1. The Kier molecular flexibility index (Phi) is 10.6. The van der Waals surface area contributed by atoms with Crippen LogP contribution in [0.4, 0.5) is 4.79 Å². The maximum atomic E-state index is 12.1. The van der Waals surface area contributed by atoms with Crippen LogP contribution in [-0.4, -0.2) is 36.1 Å². The number of carbonyl (C=O) groups excluding carboxylic acids is 2. The van der Waals surface area contributed by atoms with E-state index in [0.717, 1.165) is 24.8 Å². The number of rotatable bonds is 10. The third-order valence-corrected chi connectivity index (χ3v) is 3.90. The van der Waals surface area contributed by atoms with Crippen LogP contribution in [0.5, 0.6) is 0 Å². The van der Waals surface area contributed by atoms with E-state index in [0.29, 0.717) is 26.1 Å². The predicted molar refractivity (Wildman–Crippen MR) is 103 cm³/mol. The molecule has 0 fully saturated rings. The summed E-state index contributed by atoms with van der Waals surface area (Å²) in [4.78, 5) is 25.8. The van der Waals surface area contributed by atoms with Crippen molar-refractivity contribution in [1.82, 2.24) is 10.2 Å². The molecule has 1 unspecified atom stereocenters. The molecule has 1 aromatic carbocycles. The number of carbonyl (C=O) groups is 2. The van der Waals surface area contributed by atoms with E-state index in [4.69, 9.17) is 4.74 Å². The van der Waals surface area contributed by atoms with Crippen LogP contribution in [0.1, 0.15) is 52.0 Å². The maximum absolute atomic E-state index is 12.1. The first-order chi connectivity index (χ1) is 12.6. The molecule has 0 bridgehead atoms. The fourth-order valence-electron chi connectivity index (χ4n) is 2.49. The molecule has 1 atom stereocenters. The van der Waals surface area contributed by atoms with E-state index in [1.54, 1.807) is 11.8 Å². The van der Waals surface area contributed by atoms with E-state index >= 15 is 0 Å². The first-order valence-electron chi connectivity index (χ1n) is 9.29. The molecule has 0 heterocycles. The maximum Gasteiger partial charge on any atom is 0.408 e. The Balaban J connectivity index is 2.48. The van der Waals surface area contributed by atoms with Gasteiger partial charge in [0.05, 0.1) is 0 Å². The van der Waals surface area contributed by atoms with Crippen LogP contribution in [0.15, 0.2) is 30.3 Å². The van der Waals surface area contributed by atoms with Gasteiger partial charge in [0.2, 0.25) is 5.91 Å². The Morgan fingerprint density at radius 1 is 1.23 bits per heavy atom. The molecular formula is C21H30N2O3. The van der Waals surface area contributed by atoms with Crippen LogP contribution in [0.2, 0.25) is 0 Å².